The molecule has 0 radical (unpaired) electrons. The van der Waals surface area contributed by atoms with Gasteiger partial charge in [-0.25, -0.2) is 13.8 Å². The van der Waals surface area contributed by atoms with Crippen molar-refractivity contribution in [3.63, 3.8) is 0 Å². The molecule has 3 aromatic carbocycles. The van der Waals surface area contributed by atoms with Crippen molar-refractivity contribution in [3.05, 3.63) is 101 Å². The zero-order valence-electron chi connectivity index (χ0n) is 16.5. The molecule has 6 heteroatoms. The van der Waals surface area contributed by atoms with Crippen LogP contribution in [-0.4, -0.2) is 25.8 Å². The first-order chi connectivity index (χ1) is 14.4. The van der Waals surface area contributed by atoms with Crippen LogP contribution in [0.4, 0.5) is 20.2 Å². The van der Waals surface area contributed by atoms with E-state index in [0.717, 1.165) is 11.3 Å². The number of hydrogen-bond acceptors (Lipinski definition) is 3. The van der Waals surface area contributed by atoms with Crippen molar-refractivity contribution in [1.82, 2.24) is 0 Å². The zero-order chi connectivity index (χ0) is 21.3. The lowest BCUT2D eigenvalue weighted by atomic mass is 10.1. The highest BCUT2D eigenvalue weighted by Crippen LogP contribution is 2.29. The molecule has 0 unspecified atom stereocenters. The molecule has 1 amide bonds. The molecular weight excluding hydrogens is 384 g/mol. The number of amides is 1. The first-order valence-electron chi connectivity index (χ1n) is 9.37. The van der Waals surface area contributed by atoms with E-state index in [1.54, 1.807) is 24.3 Å². The van der Waals surface area contributed by atoms with Crippen molar-refractivity contribution in [3.8, 4) is 0 Å². The van der Waals surface area contributed by atoms with Gasteiger partial charge in [-0.15, -0.1) is 0 Å². The number of amidine groups is 1. The molecular formula is C24H19F2N3O. The van der Waals surface area contributed by atoms with Crippen LogP contribution in [0.15, 0.2) is 83.5 Å². The summed E-state index contributed by atoms with van der Waals surface area (Å²) in [5, 5.41) is 0. The quantitative estimate of drug-likeness (QED) is 0.583. The van der Waals surface area contributed by atoms with Crippen LogP contribution in [0, 0.1) is 11.6 Å². The maximum atomic E-state index is 14.5. The molecule has 0 aromatic heterocycles. The molecule has 0 spiro atoms. The van der Waals surface area contributed by atoms with Crippen molar-refractivity contribution in [2.75, 3.05) is 23.9 Å². The predicted molar refractivity (Wildman–Crippen MR) is 116 cm³/mol. The molecule has 1 aliphatic rings. The van der Waals surface area contributed by atoms with Gasteiger partial charge in [-0.1, -0.05) is 24.3 Å². The van der Waals surface area contributed by atoms with Crippen molar-refractivity contribution in [2.45, 2.75) is 0 Å². The van der Waals surface area contributed by atoms with Gasteiger partial charge in [0.1, 0.15) is 17.3 Å². The van der Waals surface area contributed by atoms with E-state index in [-0.39, 0.29) is 17.1 Å². The third kappa shape index (κ3) is 3.72. The Morgan fingerprint density at radius 2 is 1.57 bits per heavy atom. The van der Waals surface area contributed by atoms with Gasteiger partial charge in [0.05, 0.1) is 11.3 Å². The van der Waals surface area contributed by atoms with Crippen LogP contribution in [0.3, 0.4) is 0 Å². The molecule has 4 rings (SSSR count). The van der Waals surface area contributed by atoms with Crippen LogP contribution in [0.25, 0.3) is 6.08 Å². The van der Waals surface area contributed by atoms with Gasteiger partial charge < -0.3 is 4.90 Å². The smallest absolute Gasteiger partial charge is 0.282 e. The third-order valence-corrected chi connectivity index (χ3v) is 4.77. The molecule has 1 aliphatic heterocycles. The second-order valence-corrected chi connectivity index (χ2v) is 7.05. The molecule has 0 fully saturated rings. The molecule has 150 valence electrons. The molecule has 0 saturated heterocycles. The number of carbonyl (C=O) groups excluding carboxylic acids is 1. The standard InChI is InChI=1S/C24H19F2N3O/c1-28(2)18-11-7-16(8-12-18)15-22-24(30)29(19-13-9-17(25)10-14-19)23(27-22)20-5-3-4-6-21(20)26/h3-15H,1-2H3/b22-15-. The minimum atomic E-state index is -0.493. The minimum Gasteiger partial charge on any atom is -0.378 e. The van der Waals surface area contributed by atoms with Crippen molar-refractivity contribution in [1.29, 1.82) is 0 Å². The fourth-order valence-corrected chi connectivity index (χ4v) is 3.20. The molecule has 30 heavy (non-hydrogen) atoms. The number of hydrogen-bond donors (Lipinski definition) is 0. The van der Waals surface area contributed by atoms with Crippen LogP contribution in [-0.2, 0) is 4.79 Å². The van der Waals surface area contributed by atoms with Crippen molar-refractivity contribution < 1.29 is 13.6 Å². The zero-order valence-corrected chi connectivity index (χ0v) is 16.5. The average molecular weight is 403 g/mol. The summed E-state index contributed by atoms with van der Waals surface area (Å²) in [6.45, 7) is 0. The fourth-order valence-electron chi connectivity index (χ4n) is 3.20. The van der Waals surface area contributed by atoms with E-state index in [1.165, 1.54) is 35.2 Å². The largest absolute Gasteiger partial charge is 0.378 e. The molecule has 4 nitrogen and oxygen atoms in total. The van der Waals surface area contributed by atoms with E-state index in [1.807, 2.05) is 43.3 Å². The van der Waals surface area contributed by atoms with Gasteiger partial charge in [0, 0.05) is 19.8 Å². The van der Waals surface area contributed by atoms with E-state index in [4.69, 9.17) is 0 Å². The van der Waals surface area contributed by atoms with Gasteiger partial charge in [0.15, 0.2) is 5.84 Å². The number of nitrogens with zero attached hydrogens (tertiary/aromatic N) is 3. The highest BCUT2D eigenvalue weighted by Gasteiger charge is 2.33. The van der Waals surface area contributed by atoms with E-state index in [2.05, 4.69) is 4.99 Å². The van der Waals surface area contributed by atoms with Crippen LogP contribution >= 0.6 is 0 Å². The Bertz CT molecular complexity index is 1150. The van der Waals surface area contributed by atoms with E-state index < -0.39 is 17.5 Å². The molecule has 0 bridgehead atoms. The van der Waals surface area contributed by atoms with Gasteiger partial charge in [0.25, 0.3) is 5.91 Å². The Morgan fingerprint density at radius 3 is 2.20 bits per heavy atom. The molecule has 0 N–H and O–H groups in total. The maximum Gasteiger partial charge on any atom is 0.282 e. The Labute approximate surface area is 173 Å². The summed E-state index contributed by atoms with van der Waals surface area (Å²) in [6.07, 6.45) is 1.66. The highest BCUT2D eigenvalue weighted by atomic mass is 19.1. The minimum absolute atomic E-state index is 0.167. The number of halogens is 2. The van der Waals surface area contributed by atoms with E-state index in [9.17, 15) is 13.6 Å². The van der Waals surface area contributed by atoms with Gasteiger partial charge in [-0.3, -0.25) is 9.69 Å². The number of aliphatic imine (C=N–C) groups is 1. The van der Waals surface area contributed by atoms with Gasteiger partial charge >= 0.3 is 0 Å². The topological polar surface area (TPSA) is 35.9 Å². The summed E-state index contributed by atoms with van der Waals surface area (Å²) in [4.78, 5) is 20.9. The third-order valence-electron chi connectivity index (χ3n) is 4.77. The Hall–Kier alpha value is -3.80. The summed E-state index contributed by atoms with van der Waals surface area (Å²) in [6, 6.07) is 19.2. The van der Waals surface area contributed by atoms with E-state index in [0.29, 0.717) is 5.69 Å². The number of anilines is 2. The summed E-state index contributed by atoms with van der Waals surface area (Å²) in [5.74, 6) is -1.16. The summed E-state index contributed by atoms with van der Waals surface area (Å²) >= 11 is 0. The number of carbonyl (C=O) groups is 1. The van der Waals surface area contributed by atoms with Crippen LogP contribution in [0.1, 0.15) is 11.1 Å². The van der Waals surface area contributed by atoms with Crippen LogP contribution < -0.4 is 9.80 Å². The maximum absolute atomic E-state index is 14.5. The summed E-state index contributed by atoms with van der Waals surface area (Å²) in [5.41, 5.74) is 2.60. The Balaban J connectivity index is 1.79. The normalized spacial score (nSPS) is 14.9. The van der Waals surface area contributed by atoms with Crippen LogP contribution in [0.5, 0.6) is 0 Å². The average Bonchev–Trinajstić information content (AvgIpc) is 3.05. The Kier molecular flexibility index (Phi) is 5.14. The molecule has 3 aromatic rings. The lowest BCUT2D eigenvalue weighted by molar-refractivity contribution is -0.113. The van der Waals surface area contributed by atoms with Gasteiger partial charge in [0.2, 0.25) is 0 Å². The monoisotopic (exact) mass is 403 g/mol. The second kappa shape index (κ2) is 7.91. The number of benzene rings is 3. The molecule has 1 heterocycles. The Morgan fingerprint density at radius 1 is 0.900 bits per heavy atom. The van der Waals surface area contributed by atoms with Crippen molar-refractivity contribution in [2.24, 2.45) is 4.99 Å². The number of rotatable bonds is 4. The predicted octanol–water partition coefficient (Wildman–Crippen LogP) is 4.87. The van der Waals surface area contributed by atoms with Gasteiger partial charge in [-0.2, -0.15) is 0 Å². The van der Waals surface area contributed by atoms with Crippen LogP contribution in [0.2, 0.25) is 0 Å². The van der Waals surface area contributed by atoms with E-state index >= 15 is 0 Å². The van der Waals surface area contributed by atoms with Crippen molar-refractivity contribution >= 4 is 29.2 Å². The second-order valence-electron chi connectivity index (χ2n) is 7.05. The lowest BCUT2D eigenvalue weighted by Gasteiger charge is -2.18. The summed E-state index contributed by atoms with van der Waals surface area (Å²) < 4.78 is 27.9. The first-order valence-corrected chi connectivity index (χ1v) is 9.37. The molecule has 0 aliphatic carbocycles. The summed E-state index contributed by atoms with van der Waals surface area (Å²) in [7, 11) is 3.89. The SMILES string of the molecule is CN(C)c1ccc(/C=C2\N=C(c3ccccc3F)N(c3ccc(F)cc3)C2=O)cc1. The van der Waals surface area contributed by atoms with Gasteiger partial charge in [-0.05, 0) is 60.2 Å². The molecule has 0 atom stereocenters. The fraction of sp³-hybridized carbons (Fsp3) is 0.0833. The molecule has 0 saturated carbocycles. The highest BCUT2D eigenvalue weighted by molar-refractivity contribution is 6.33. The first kappa shape index (κ1) is 19.5. The lowest BCUT2D eigenvalue weighted by Crippen LogP contribution is -2.33.